The van der Waals surface area contributed by atoms with Crippen LogP contribution in [-0.2, 0) is 12.8 Å². The highest BCUT2D eigenvalue weighted by atomic mass is 32.1. The first kappa shape index (κ1) is 9.65. The molecule has 0 saturated heterocycles. The standard InChI is InChI=1S/C10H12N4OS/c11-8-7(9-13-10(12)14-15-9)5-3-1-2-4-6(5)16-8/h1-4,11H2,(H2,12,14). The van der Waals surface area contributed by atoms with Crippen molar-refractivity contribution in [3.05, 3.63) is 10.4 Å². The molecule has 2 heterocycles. The molecule has 0 bridgehead atoms. The average molecular weight is 236 g/mol. The van der Waals surface area contributed by atoms with Crippen LogP contribution in [0, 0.1) is 0 Å². The van der Waals surface area contributed by atoms with Gasteiger partial charge in [-0.1, -0.05) is 0 Å². The van der Waals surface area contributed by atoms with Gasteiger partial charge in [-0.25, -0.2) is 0 Å². The van der Waals surface area contributed by atoms with Gasteiger partial charge in [-0.3, -0.25) is 0 Å². The van der Waals surface area contributed by atoms with Gasteiger partial charge in [0.15, 0.2) is 0 Å². The highest BCUT2D eigenvalue weighted by molar-refractivity contribution is 7.16. The van der Waals surface area contributed by atoms with E-state index >= 15 is 0 Å². The lowest BCUT2D eigenvalue weighted by Crippen LogP contribution is -1.99. The molecule has 6 heteroatoms. The second-order valence-electron chi connectivity index (χ2n) is 3.91. The number of aryl methyl sites for hydroxylation is 1. The van der Waals surface area contributed by atoms with Crippen LogP contribution in [0.25, 0.3) is 11.5 Å². The fraction of sp³-hybridized carbons (Fsp3) is 0.400. The van der Waals surface area contributed by atoms with Crippen LogP contribution in [0.1, 0.15) is 23.3 Å². The van der Waals surface area contributed by atoms with Crippen LogP contribution in [0.4, 0.5) is 10.9 Å². The molecule has 0 unspecified atom stereocenters. The molecular formula is C10H12N4OS. The summed E-state index contributed by atoms with van der Waals surface area (Å²) in [5.74, 6) is 0.611. The second kappa shape index (κ2) is 3.48. The van der Waals surface area contributed by atoms with E-state index in [4.69, 9.17) is 16.0 Å². The largest absolute Gasteiger partial charge is 0.390 e. The Morgan fingerprint density at radius 2 is 2.00 bits per heavy atom. The molecule has 0 radical (unpaired) electrons. The van der Waals surface area contributed by atoms with E-state index in [2.05, 4.69) is 10.1 Å². The third-order valence-electron chi connectivity index (χ3n) is 2.85. The number of hydrogen-bond acceptors (Lipinski definition) is 6. The summed E-state index contributed by atoms with van der Waals surface area (Å²) in [6, 6.07) is 0. The second-order valence-corrected chi connectivity index (χ2v) is 5.04. The van der Waals surface area contributed by atoms with Gasteiger partial charge in [0.1, 0.15) is 0 Å². The number of hydrogen-bond donors (Lipinski definition) is 2. The third-order valence-corrected chi connectivity index (χ3v) is 3.98. The number of rotatable bonds is 1. The molecular weight excluding hydrogens is 224 g/mol. The van der Waals surface area contributed by atoms with Crippen molar-refractivity contribution in [2.24, 2.45) is 0 Å². The lowest BCUT2D eigenvalue weighted by atomic mass is 9.95. The number of thiophene rings is 1. The Morgan fingerprint density at radius 1 is 1.19 bits per heavy atom. The number of nitrogens with zero attached hydrogens (tertiary/aromatic N) is 2. The lowest BCUT2D eigenvalue weighted by molar-refractivity contribution is 0.433. The molecule has 1 aliphatic carbocycles. The van der Waals surface area contributed by atoms with Crippen LogP contribution in [0.15, 0.2) is 4.52 Å². The maximum Gasteiger partial charge on any atom is 0.262 e. The summed E-state index contributed by atoms with van der Waals surface area (Å²) in [6.45, 7) is 0. The first-order valence-electron chi connectivity index (χ1n) is 5.25. The molecule has 2 aromatic rings. The molecule has 0 amide bonds. The molecule has 1 aliphatic rings. The predicted molar refractivity (Wildman–Crippen MR) is 63.1 cm³/mol. The molecule has 0 atom stereocenters. The number of nitrogens with two attached hydrogens (primary N) is 2. The molecule has 0 saturated carbocycles. The molecule has 16 heavy (non-hydrogen) atoms. The van der Waals surface area contributed by atoms with E-state index in [0.29, 0.717) is 5.89 Å². The van der Waals surface area contributed by atoms with Crippen LogP contribution >= 0.6 is 11.3 Å². The van der Waals surface area contributed by atoms with Gasteiger partial charge >= 0.3 is 0 Å². The van der Waals surface area contributed by atoms with Crippen LogP contribution in [0.5, 0.6) is 0 Å². The number of aromatic nitrogens is 2. The minimum Gasteiger partial charge on any atom is -0.390 e. The normalized spacial score (nSPS) is 15.0. The molecule has 0 fully saturated rings. The van der Waals surface area contributed by atoms with E-state index in [1.165, 1.54) is 23.3 Å². The fourth-order valence-electron chi connectivity index (χ4n) is 2.16. The number of anilines is 2. The van der Waals surface area contributed by atoms with Crippen molar-refractivity contribution in [3.8, 4) is 11.5 Å². The van der Waals surface area contributed by atoms with E-state index in [0.717, 1.165) is 23.4 Å². The number of fused-ring (bicyclic) bond motifs is 1. The van der Waals surface area contributed by atoms with Crippen molar-refractivity contribution in [2.75, 3.05) is 11.5 Å². The molecule has 0 aliphatic heterocycles. The van der Waals surface area contributed by atoms with Gasteiger partial charge in [0, 0.05) is 4.88 Å². The van der Waals surface area contributed by atoms with E-state index in [1.54, 1.807) is 11.3 Å². The Morgan fingerprint density at radius 3 is 2.75 bits per heavy atom. The predicted octanol–water partition coefficient (Wildman–Crippen LogP) is 1.84. The van der Waals surface area contributed by atoms with Crippen molar-refractivity contribution in [3.63, 3.8) is 0 Å². The van der Waals surface area contributed by atoms with E-state index in [9.17, 15) is 0 Å². The summed E-state index contributed by atoms with van der Waals surface area (Å²) < 4.78 is 5.10. The van der Waals surface area contributed by atoms with Gasteiger partial charge in [-0.15, -0.1) is 11.3 Å². The summed E-state index contributed by atoms with van der Waals surface area (Å²) >= 11 is 1.63. The maximum atomic E-state index is 6.01. The molecule has 0 spiro atoms. The van der Waals surface area contributed by atoms with Crippen LogP contribution in [-0.4, -0.2) is 10.1 Å². The molecule has 84 valence electrons. The van der Waals surface area contributed by atoms with Gasteiger partial charge in [-0.05, 0) is 36.4 Å². The SMILES string of the molecule is Nc1noc(-c2c(N)sc3c2CCCC3)n1. The van der Waals surface area contributed by atoms with Gasteiger partial charge in [0.2, 0.25) is 0 Å². The van der Waals surface area contributed by atoms with E-state index in [-0.39, 0.29) is 5.95 Å². The third kappa shape index (κ3) is 1.37. The van der Waals surface area contributed by atoms with Crippen LogP contribution < -0.4 is 11.5 Å². The molecule has 3 rings (SSSR count). The summed E-state index contributed by atoms with van der Waals surface area (Å²) in [5, 5.41) is 4.36. The Kier molecular flexibility index (Phi) is 2.10. The zero-order valence-electron chi connectivity index (χ0n) is 8.69. The summed E-state index contributed by atoms with van der Waals surface area (Å²) in [4.78, 5) is 5.41. The minimum absolute atomic E-state index is 0.158. The first-order valence-corrected chi connectivity index (χ1v) is 6.07. The quantitative estimate of drug-likeness (QED) is 0.788. The van der Waals surface area contributed by atoms with Crippen LogP contribution in [0.3, 0.4) is 0 Å². The zero-order valence-corrected chi connectivity index (χ0v) is 9.51. The summed E-state index contributed by atoms with van der Waals surface area (Å²) in [6.07, 6.45) is 4.58. The highest BCUT2D eigenvalue weighted by Crippen LogP contribution is 2.41. The highest BCUT2D eigenvalue weighted by Gasteiger charge is 2.23. The average Bonchev–Trinajstić information content (AvgIpc) is 2.80. The molecule has 0 aromatic carbocycles. The first-order chi connectivity index (χ1) is 7.75. The molecule has 5 nitrogen and oxygen atoms in total. The Labute approximate surface area is 96.4 Å². The van der Waals surface area contributed by atoms with Crippen molar-refractivity contribution >= 4 is 22.3 Å². The molecule has 4 N–H and O–H groups in total. The van der Waals surface area contributed by atoms with Gasteiger partial charge in [0.25, 0.3) is 11.8 Å². The van der Waals surface area contributed by atoms with Crippen molar-refractivity contribution < 1.29 is 4.52 Å². The van der Waals surface area contributed by atoms with Crippen molar-refractivity contribution in [1.29, 1.82) is 0 Å². The summed E-state index contributed by atoms with van der Waals surface area (Å²) in [7, 11) is 0. The topological polar surface area (TPSA) is 91.0 Å². The zero-order chi connectivity index (χ0) is 11.1. The van der Waals surface area contributed by atoms with Gasteiger partial charge in [-0.2, -0.15) is 4.98 Å². The van der Waals surface area contributed by atoms with E-state index in [1.807, 2.05) is 0 Å². The van der Waals surface area contributed by atoms with Crippen molar-refractivity contribution in [2.45, 2.75) is 25.7 Å². The Bertz CT molecular complexity index is 531. The fourth-order valence-corrected chi connectivity index (χ4v) is 3.31. The maximum absolute atomic E-state index is 6.01. The smallest absolute Gasteiger partial charge is 0.262 e. The lowest BCUT2D eigenvalue weighted by Gasteiger charge is -2.10. The monoisotopic (exact) mass is 236 g/mol. The Hall–Kier alpha value is -1.56. The Balaban J connectivity index is 2.16. The van der Waals surface area contributed by atoms with Crippen LogP contribution in [0.2, 0.25) is 0 Å². The van der Waals surface area contributed by atoms with E-state index < -0.39 is 0 Å². The molecule has 2 aromatic heterocycles. The van der Waals surface area contributed by atoms with Gasteiger partial charge in [0.05, 0.1) is 10.6 Å². The minimum atomic E-state index is 0.158. The summed E-state index contributed by atoms with van der Waals surface area (Å²) in [5.41, 5.74) is 13.7. The van der Waals surface area contributed by atoms with Gasteiger partial charge < -0.3 is 16.0 Å². The van der Waals surface area contributed by atoms with Crippen molar-refractivity contribution in [1.82, 2.24) is 10.1 Å². The number of nitrogen functional groups attached to an aromatic ring is 2.